The van der Waals surface area contributed by atoms with Gasteiger partial charge in [0.2, 0.25) is 0 Å². The van der Waals surface area contributed by atoms with Crippen LogP contribution in [0.1, 0.15) is 37.3 Å². The van der Waals surface area contributed by atoms with Gasteiger partial charge < -0.3 is 4.90 Å². The highest BCUT2D eigenvalue weighted by Crippen LogP contribution is 2.32. The van der Waals surface area contributed by atoms with Crippen molar-refractivity contribution >= 4 is 5.69 Å². The number of benzene rings is 2. The number of tetrazole rings is 1. The maximum atomic E-state index is 14.7. The molecule has 0 radical (unpaired) electrons. The second kappa shape index (κ2) is 8.24. The molecule has 1 aliphatic heterocycles. The van der Waals surface area contributed by atoms with E-state index in [0.717, 1.165) is 0 Å². The molecule has 1 aromatic heterocycles. The Morgan fingerprint density at radius 1 is 0.862 bits per heavy atom. The number of halogens is 2. The predicted octanol–water partition coefficient (Wildman–Crippen LogP) is 3.44. The lowest BCUT2D eigenvalue weighted by Gasteiger charge is -2.40. The molecule has 2 heterocycles. The molecule has 8 heteroatoms. The highest BCUT2D eigenvalue weighted by atomic mass is 19.1. The van der Waals surface area contributed by atoms with Crippen molar-refractivity contribution in [2.75, 3.05) is 31.1 Å². The van der Waals surface area contributed by atoms with Gasteiger partial charge in [0, 0.05) is 31.7 Å². The summed E-state index contributed by atoms with van der Waals surface area (Å²) in [4.78, 5) is 4.19. The molecule has 0 amide bonds. The largest absolute Gasteiger partial charge is 0.367 e. The lowest BCUT2D eigenvalue weighted by Crippen LogP contribution is -2.48. The summed E-state index contributed by atoms with van der Waals surface area (Å²) in [6.45, 7) is 6.53. The van der Waals surface area contributed by atoms with Crippen LogP contribution in [0.5, 0.6) is 0 Å². The standard InChI is InChI=1S/C21H24F2N6/c1-15(2)29-21(24-25-26-29)20(16-7-3-4-8-17(16)22)28-13-11-27(12-14-28)19-10-6-5-9-18(19)23/h3-10,15,20H,11-14H2,1-2H3. The van der Waals surface area contributed by atoms with Gasteiger partial charge in [0.15, 0.2) is 5.82 Å². The molecule has 3 aromatic rings. The fraction of sp³-hybridized carbons (Fsp3) is 0.381. The summed E-state index contributed by atoms with van der Waals surface area (Å²) in [5, 5.41) is 12.2. The number of aromatic nitrogens is 4. The van der Waals surface area contributed by atoms with Crippen LogP contribution in [0.25, 0.3) is 0 Å². The van der Waals surface area contributed by atoms with E-state index in [2.05, 4.69) is 20.4 Å². The summed E-state index contributed by atoms with van der Waals surface area (Å²) in [5.74, 6) is 0.104. The summed E-state index contributed by atoms with van der Waals surface area (Å²) >= 11 is 0. The van der Waals surface area contributed by atoms with Crippen LogP contribution in [0.4, 0.5) is 14.5 Å². The van der Waals surface area contributed by atoms with E-state index >= 15 is 0 Å². The Morgan fingerprint density at radius 3 is 2.17 bits per heavy atom. The quantitative estimate of drug-likeness (QED) is 0.659. The molecule has 1 aliphatic rings. The minimum Gasteiger partial charge on any atom is -0.367 e. The van der Waals surface area contributed by atoms with Crippen LogP contribution in [0, 0.1) is 11.6 Å². The second-order valence-corrected chi connectivity index (χ2v) is 7.47. The fourth-order valence-corrected chi connectivity index (χ4v) is 3.87. The number of rotatable bonds is 5. The molecule has 1 unspecified atom stereocenters. The van der Waals surface area contributed by atoms with Gasteiger partial charge in [0.1, 0.15) is 17.7 Å². The van der Waals surface area contributed by atoms with Crippen molar-refractivity contribution in [3.63, 3.8) is 0 Å². The first-order chi connectivity index (χ1) is 14.1. The van der Waals surface area contributed by atoms with Gasteiger partial charge >= 0.3 is 0 Å². The van der Waals surface area contributed by atoms with E-state index in [1.807, 2.05) is 30.9 Å². The molecule has 2 aromatic carbocycles. The first-order valence-electron chi connectivity index (χ1n) is 9.82. The number of anilines is 1. The molecular weight excluding hydrogens is 374 g/mol. The molecule has 0 saturated carbocycles. The topological polar surface area (TPSA) is 50.1 Å². The number of para-hydroxylation sites is 1. The second-order valence-electron chi connectivity index (χ2n) is 7.47. The third-order valence-corrected chi connectivity index (χ3v) is 5.32. The van der Waals surface area contributed by atoms with Crippen LogP contribution in [-0.2, 0) is 0 Å². The Labute approximate surface area is 168 Å². The molecule has 152 valence electrons. The lowest BCUT2D eigenvalue weighted by atomic mass is 10.0. The number of piperazine rings is 1. The summed E-state index contributed by atoms with van der Waals surface area (Å²) < 4.78 is 30.7. The molecule has 0 N–H and O–H groups in total. The van der Waals surface area contributed by atoms with E-state index in [4.69, 9.17) is 0 Å². The van der Waals surface area contributed by atoms with Gasteiger partial charge in [-0.3, -0.25) is 4.90 Å². The maximum Gasteiger partial charge on any atom is 0.173 e. The first-order valence-corrected chi connectivity index (χ1v) is 9.82. The minimum atomic E-state index is -0.406. The van der Waals surface area contributed by atoms with Crippen LogP contribution < -0.4 is 4.90 Å². The van der Waals surface area contributed by atoms with E-state index < -0.39 is 6.04 Å². The van der Waals surface area contributed by atoms with Gasteiger partial charge in [-0.15, -0.1) is 5.10 Å². The molecule has 0 bridgehead atoms. The maximum absolute atomic E-state index is 14.7. The molecule has 6 nitrogen and oxygen atoms in total. The van der Waals surface area contributed by atoms with E-state index in [-0.39, 0.29) is 17.7 Å². The highest BCUT2D eigenvalue weighted by molar-refractivity contribution is 5.48. The van der Waals surface area contributed by atoms with Crippen molar-refractivity contribution in [3.8, 4) is 0 Å². The Morgan fingerprint density at radius 2 is 1.52 bits per heavy atom. The average molecular weight is 398 g/mol. The van der Waals surface area contributed by atoms with E-state index in [9.17, 15) is 8.78 Å². The SMILES string of the molecule is CC(C)n1nnnc1C(c1ccccc1F)N1CCN(c2ccccc2F)CC1. The smallest absolute Gasteiger partial charge is 0.173 e. The lowest BCUT2D eigenvalue weighted by molar-refractivity contribution is 0.195. The van der Waals surface area contributed by atoms with Crippen molar-refractivity contribution in [1.82, 2.24) is 25.1 Å². The monoisotopic (exact) mass is 398 g/mol. The Bertz CT molecular complexity index is 965. The van der Waals surface area contributed by atoms with Gasteiger partial charge in [0.05, 0.1) is 11.7 Å². The van der Waals surface area contributed by atoms with E-state index in [1.165, 1.54) is 12.1 Å². The van der Waals surface area contributed by atoms with Crippen molar-refractivity contribution in [2.45, 2.75) is 25.9 Å². The van der Waals surface area contributed by atoms with Crippen LogP contribution >= 0.6 is 0 Å². The molecule has 1 saturated heterocycles. The van der Waals surface area contributed by atoms with Gasteiger partial charge in [-0.05, 0) is 42.5 Å². The zero-order valence-electron chi connectivity index (χ0n) is 16.5. The molecular formula is C21H24F2N6. The molecule has 0 aliphatic carbocycles. The zero-order valence-corrected chi connectivity index (χ0v) is 16.5. The average Bonchev–Trinajstić information content (AvgIpc) is 3.20. The summed E-state index contributed by atoms with van der Waals surface area (Å²) in [7, 11) is 0. The summed E-state index contributed by atoms with van der Waals surface area (Å²) in [6.07, 6.45) is 0. The zero-order chi connectivity index (χ0) is 20.4. The van der Waals surface area contributed by atoms with Gasteiger partial charge in [-0.2, -0.15) is 0 Å². The third-order valence-electron chi connectivity index (χ3n) is 5.32. The van der Waals surface area contributed by atoms with Crippen molar-refractivity contribution in [2.24, 2.45) is 0 Å². The molecule has 0 spiro atoms. The van der Waals surface area contributed by atoms with E-state index in [0.29, 0.717) is 43.3 Å². The highest BCUT2D eigenvalue weighted by Gasteiger charge is 2.33. The first kappa shape index (κ1) is 19.4. The van der Waals surface area contributed by atoms with Crippen molar-refractivity contribution in [1.29, 1.82) is 0 Å². The molecule has 1 atom stereocenters. The Hall–Kier alpha value is -2.87. The Kier molecular flexibility index (Phi) is 5.53. The molecule has 4 rings (SSSR count). The Balaban J connectivity index is 1.64. The third kappa shape index (κ3) is 3.85. The van der Waals surface area contributed by atoms with Gasteiger partial charge in [-0.25, -0.2) is 13.5 Å². The summed E-state index contributed by atoms with van der Waals surface area (Å²) in [5.41, 5.74) is 1.14. The normalized spacial score (nSPS) is 16.4. The minimum absolute atomic E-state index is 0.0500. The number of hydrogen-bond acceptors (Lipinski definition) is 5. The fourth-order valence-electron chi connectivity index (χ4n) is 3.87. The molecule has 1 fully saturated rings. The van der Waals surface area contributed by atoms with Gasteiger partial charge in [0.25, 0.3) is 0 Å². The number of hydrogen-bond donors (Lipinski definition) is 0. The number of nitrogens with zero attached hydrogens (tertiary/aromatic N) is 6. The van der Waals surface area contributed by atoms with Crippen molar-refractivity contribution in [3.05, 3.63) is 71.6 Å². The van der Waals surface area contributed by atoms with Gasteiger partial charge in [-0.1, -0.05) is 30.3 Å². The van der Waals surface area contributed by atoms with E-state index in [1.54, 1.807) is 28.9 Å². The predicted molar refractivity (Wildman–Crippen MR) is 107 cm³/mol. The summed E-state index contributed by atoms with van der Waals surface area (Å²) in [6, 6.07) is 13.2. The van der Waals surface area contributed by atoms with Crippen molar-refractivity contribution < 1.29 is 8.78 Å². The van der Waals surface area contributed by atoms with Crippen LogP contribution in [0.2, 0.25) is 0 Å². The molecule has 29 heavy (non-hydrogen) atoms. The van der Waals surface area contributed by atoms with Crippen LogP contribution in [0.15, 0.2) is 48.5 Å². The van der Waals surface area contributed by atoms with Crippen LogP contribution in [-0.4, -0.2) is 51.3 Å². The van der Waals surface area contributed by atoms with Crippen LogP contribution in [0.3, 0.4) is 0 Å².